The summed E-state index contributed by atoms with van der Waals surface area (Å²) in [5.74, 6) is 0.605. The monoisotopic (exact) mass is 210 g/mol. The molecule has 1 aromatic heterocycles. The lowest BCUT2D eigenvalue weighted by Gasteiger charge is -2.04. The second-order valence-corrected chi connectivity index (χ2v) is 3.61. The molecule has 0 bridgehead atoms. The van der Waals surface area contributed by atoms with Crippen LogP contribution in [0.3, 0.4) is 0 Å². The molecule has 0 aliphatic rings. The fourth-order valence-corrected chi connectivity index (χ4v) is 1.39. The molecule has 4 nitrogen and oxygen atoms in total. The highest BCUT2D eigenvalue weighted by Gasteiger charge is 2.15. The predicted octanol–water partition coefficient (Wildman–Crippen LogP) is 2.31. The summed E-state index contributed by atoms with van der Waals surface area (Å²) >= 11 is 0. The first-order chi connectivity index (χ1) is 6.93. The number of hydrogen-bond acceptors (Lipinski definition) is 3. The molecule has 0 unspecified atom stereocenters. The van der Waals surface area contributed by atoms with Gasteiger partial charge in [-0.05, 0) is 5.92 Å². The highest BCUT2D eigenvalue weighted by Crippen LogP contribution is 2.31. The molecule has 0 fully saturated rings. The minimum atomic E-state index is -0.593. The number of halogens is 1. The van der Waals surface area contributed by atoms with Crippen LogP contribution in [-0.4, -0.2) is 16.0 Å². The molecule has 0 radical (unpaired) electrons. The first-order valence-electron chi connectivity index (χ1n) is 4.64. The van der Waals surface area contributed by atoms with Gasteiger partial charge >= 0.3 is 0 Å². The summed E-state index contributed by atoms with van der Waals surface area (Å²) in [5.41, 5.74) is 6.56. The molecule has 15 heavy (non-hydrogen) atoms. The molecule has 0 amide bonds. The Hall–Kier alpha value is -1.65. The van der Waals surface area contributed by atoms with E-state index in [4.69, 9.17) is 5.73 Å². The van der Waals surface area contributed by atoms with Gasteiger partial charge in [0.2, 0.25) is 0 Å². The zero-order chi connectivity index (χ0) is 11.6. The third-order valence-corrected chi connectivity index (χ3v) is 1.99. The van der Waals surface area contributed by atoms with Crippen molar-refractivity contribution in [2.75, 3.05) is 5.73 Å². The summed E-state index contributed by atoms with van der Waals surface area (Å²) < 4.78 is 14.0. The molecular formula is C10H15FN4. The predicted molar refractivity (Wildman–Crippen MR) is 60.1 cm³/mol. The number of hydrogen-bond donors (Lipinski definition) is 1. The van der Waals surface area contributed by atoms with Gasteiger partial charge in [-0.15, -0.1) is 0 Å². The molecule has 1 rings (SSSR count). The molecule has 0 saturated carbocycles. The molecule has 0 aliphatic heterocycles. The van der Waals surface area contributed by atoms with Gasteiger partial charge in [-0.1, -0.05) is 20.4 Å². The van der Waals surface area contributed by atoms with Crippen molar-refractivity contribution in [1.29, 1.82) is 0 Å². The van der Waals surface area contributed by atoms with Gasteiger partial charge in [-0.2, -0.15) is 5.10 Å². The molecular weight excluding hydrogens is 195 g/mol. The van der Waals surface area contributed by atoms with Gasteiger partial charge in [0.15, 0.2) is 11.6 Å². The standard InChI is InChI=1S/C10H15FN4/c1-6(2)8-9(12)14-15(4)10(8)13-5-7(3)11/h5-6H,3H2,1-2,4H3,(H2,12,14)/b13-5-. The maximum absolute atomic E-state index is 12.5. The first kappa shape index (κ1) is 11.4. The van der Waals surface area contributed by atoms with E-state index in [1.807, 2.05) is 13.8 Å². The Balaban J connectivity index is 3.21. The van der Waals surface area contributed by atoms with E-state index >= 15 is 0 Å². The fraction of sp³-hybridized carbons (Fsp3) is 0.400. The highest BCUT2D eigenvalue weighted by molar-refractivity contribution is 5.78. The Morgan fingerprint density at radius 1 is 1.67 bits per heavy atom. The third kappa shape index (κ3) is 2.43. The van der Waals surface area contributed by atoms with Crippen molar-refractivity contribution in [3.63, 3.8) is 0 Å². The number of aliphatic imine (C=N–C) groups is 1. The maximum Gasteiger partial charge on any atom is 0.155 e. The third-order valence-electron chi connectivity index (χ3n) is 1.99. The van der Waals surface area contributed by atoms with E-state index in [2.05, 4.69) is 16.7 Å². The quantitative estimate of drug-likeness (QED) is 0.778. The van der Waals surface area contributed by atoms with E-state index in [1.165, 1.54) is 4.68 Å². The minimum absolute atomic E-state index is 0.193. The number of nitrogens with two attached hydrogens (primary N) is 1. The average Bonchev–Trinajstić information content (AvgIpc) is 2.37. The number of anilines is 1. The minimum Gasteiger partial charge on any atom is -0.382 e. The zero-order valence-electron chi connectivity index (χ0n) is 9.16. The molecule has 1 heterocycles. The Labute approximate surface area is 88.3 Å². The summed E-state index contributed by atoms with van der Waals surface area (Å²) in [6.45, 7) is 7.07. The van der Waals surface area contributed by atoms with Crippen LogP contribution in [0.15, 0.2) is 17.4 Å². The summed E-state index contributed by atoms with van der Waals surface area (Å²) in [5, 5.41) is 4.04. The molecule has 2 N–H and O–H groups in total. The number of nitrogen functional groups attached to an aromatic ring is 1. The number of nitrogens with zero attached hydrogens (tertiary/aromatic N) is 3. The lowest BCUT2D eigenvalue weighted by molar-refractivity contribution is 0.690. The van der Waals surface area contributed by atoms with Crippen LogP contribution < -0.4 is 5.73 Å². The van der Waals surface area contributed by atoms with Gasteiger partial charge in [0.1, 0.15) is 5.83 Å². The van der Waals surface area contributed by atoms with Gasteiger partial charge in [-0.3, -0.25) is 0 Å². The Morgan fingerprint density at radius 2 is 2.27 bits per heavy atom. The number of allylic oxidation sites excluding steroid dienone is 1. The van der Waals surface area contributed by atoms with Crippen LogP contribution >= 0.6 is 0 Å². The Kier molecular flexibility index (Phi) is 3.24. The van der Waals surface area contributed by atoms with Gasteiger partial charge in [-0.25, -0.2) is 14.1 Å². The molecule has 0 aromatic carbocycles. The van der Waals surface area contributed by atoms with Crippen molar-refractivity contribution in [2.45, 2.75) is 19.8 Å². The van der Waals surface area contributed by atoms with Gasteiger partial charge in [0.25, 0.3) is 0 Å². The van der Waals surface area contributed by atoms with E-state index < -0.39 is 5.83 Å². The molecule has 82 valence electrons. The van der Waals surface area contributed by atoms with Crippen molar-refractivity contribution in [3.05, 3.63) is 18.0 Å². The topological polar surface area (TPSA) is 56.2 Å². The first-order valence-corrected chi connectivity index (χ1v) is 4.64. The largest absolute Gasteiger partial charge is 0.382 e. The van der Waals surface area contributed by atoms with Crippen molar-refractivity contribution < 1.29 is 4.39 Å². The van der Waals surface area contributed by atoms with Crippen LogP contribution in [0.4, 0.5) is 16.0 Å². The van der Waals surface area contributed by atoms with Gasteiger partial charge in [0.05, 0.1) is 6.21 Å². The Bertz CT molecular complexity index is 404. The number of rotatable bonds is 3. The van der Waals surface area contributed by atoms with E-state index in [-0.39, 0.29) is 5.92 Å². The van der Waals surface area contributed by atoms with Crippen LogP contribution in [0, 0.1) is 0 Å². The molecule has 0 spiro atoms. The molecule has 1 aromatic rings. The van der Waals surface area contributed by atoms with Crippen LogP contribution in [0.5, 0.6) is 0 Å². The smallest absolute Gasteiger partial charge is 0.155 e. The second kappa shape index (κ2) is 4.25. The van der Waals surface area contributed by atoms with E-state index in [1.54, 1.807) is 7.05 Å². The SMILES string of the molecule is C=C(F)/C=N\c1c(C(C)C)c(N)nn1C. The lowest BCUT2D eigenvalue weighted by atomic mass is 10.1. The second-order valence-electron chi connectivity index (χ2n) is 3.61. The van der Waals surface area contributed by atoms with Crippen molar-refractivity contribution in [2.24, 2.45) is 12.0 Å². The van der Waals surface area contributed by atoms with E-state index in [0.717, 1.165) is 11.8 Å². The van der Waals surface area contributed by atoms with Crippen molar-refractivity contribution >= 4 is 17.9 Å². The van der Waals surface area contributed by atoms with E-state index in [9.17, 15) is 4.39 Å². The van der Waals surface area contributed by atoms with E-state index in [0.29, 0.717) is 11.6 Å². The molecule has 0 atom stereocenters. The molecule has 5 heteroatoms. The van der Waals surface area contributed by atoms with Gasteiger partial charge in [0, 0.05) is 12.6 Å². The number of aromatic nitrogens is 2. The van der Waals surface area contributed by atoms with Gasteiger partial charge < -0.3 is 5.73 Å². The van der Waals surface area contributed by atoms with Crippen LogP contribution in [0.2, 0.25) is 0 Å². The zero-order valence-corrected chi connectivity index (χ0v) is 9.16. The van der Waals surface area contributed by atoms with Crippen LogP contribution in [0.1, 0.15) is 25.3 Å². The average molecular weight is 210 g/mol. The summed E-state index contributed by atoms with van der Waals surface area (Å²) in [6, 6.07) is 0. The van der Waals surface area contributed by atoms with Crippen LogP contribution in [0.25, 0.3) is 0 Å². The summed E-state index contributed by atoms with van der Waals surface area (Å²) in [7, 11) is 1.72. The maximum atomic E-state index is 12.5. The Morgan fingerprint density at radius 3 is 2.73 bits per heavy atom. The molecule has 0 aliphatic carbocycles. The molecule has 0 saturated heterocycles. The van der Waals surface area contributed by atoms with Crippen molar-refractivity contribution in [3.8, 4) is 0 Å². The van der Waals surface area contributed by atoms with Crippen LogP contribution in [-0.2, 0) is 7.05 Å². The highest BCUT2D eigenvalue weighted by atomic mass is 19.1. The number of aryl methyl sites for hydroxylation is 1. The summed E-state index contributed by atoms with van der Waals surface area (Å²) in [6.07, 6.45) is 1.06. The fourth-order valence-electron chi connectivity index (χ4n) is 1.39. The van der Waals surface area contributed by atoms with Crippen molar-refractivity contribution in [1.82, 2.24) is 9.78 Å². The normalized spacial score (nSPS) is 11.5. The summed E-state index contributed by atoms with van der Waals surface area (Å²) in [4.78, 5) is 3.97. The lowest BCUT2D eigenvalue weighted by Crippen LogP contribution is -1.93.